The number of nitrogens with zero attached hydrogens (tertiary/aromatic N) is 4. The van der Waals surface area contributed by atoms with Crippen LogP contribution < -0.4 is 0 Å². The summed E-state index contributed by atoms with van der Waals surface area (Å²) in [5, 5.41) is 5.48. The Balaban J connectivity index is 1.21. The summed E-state index contributed by atoms with van der Waals surface area (Å²) >= 11 is 0. The van der Waals surface area contributed by atoms with Crippen molar-refractivity contribution in [3.05, 3.63) is 158 Å². The van der Waals surface area contributed by atoms with Gasteiger partial charge in [0, 0.05) is 49.1 Å². The highest BCUT2D eigenvalue weighted by Crippen LogP contribution is 2.40. The van der Waals surface area contributed by atoms with Gasteiger partial charge in [0.05, 0.1) is 23.5 Å². The summed E-state index contributed by atoms with van der Waals surface area (Å²) in [6, 6.07) is 39.2. The summed E-state index contributed by atoms with van der Waals surface area (Å²) in [4.78, 5) is 15.4. The molecule has 238 valence electrons. The van der Waals surface area contributed by atoms with Crippen LogP contribution in [0.25, 0.3) is 106 Å². The van der Waals surface area contributed by atoms with Crippen LogP contribution >= 0.6 is 0 Å². The van der Waals surface area contributed by atoms with Crippen molar-refractivity contribution in [2.75, 3.05) is 0 Å². The maximum absolute atomic E-state index is 8.88. The molecule has 0 fully saturated rings. The zero-order valence-electron chi connectivity index (χ0n) is 31.7. The molecule has 11 rings (SSSR count). The fraction of sp³-hybridized carbons (Fsp3) is 0. The van der Waals surface area contributed by atoms with E-state index in [1.165, 1.54) is 0 Å². The molecule has 0 amide bonds. The third-order valence-electron chi connectivity index (χ3n) is 9.57. The van der Waals surface area contributed by atoms with Crippen molar-refractivity contribution >= 4 is 65.7 Å². The van der Waals surface area contributed by atoms with Gasteiger partial charge in [0.25, 0.3) is 0 Å². The summed E-state index contributed by atoms with van der Waals surface area (Å²) in [5.41, 5.74) is 6.37. The molecule has 0 bridgehead atoms. The van der Waals surface area contributed by atoms with Crippen LogP contribution in [0.3, 0.4) is 0 Å². The van der Waals surface area contributed by atoms with Crippen LogP contribution in [0.4, 0.5) is 0 Å². The van der Waals surface area contributed by atoms with Gasteiger partial charge in [-0.3, -0.25) is 0 Å². The summed E-state index contributed by atoms with van der Waals surface area (Å²) in [7, 11) is 0. The average molecular weight is 660 g/mol. The van der Waals surface area contributed by atoms with Gasteiger partial charge in [0.15, 0.2) is 17.5 Å². The zero-order valence-corrected chi connectivity index (χ0v) is 26.7. The lowest BCUT2D eigenvalue weighted by molar-refractivity contribution is 0.668. The van der Waals surface area contributed by atoms with E-state index in [9.17, 15) is 0 Å². The number of hydrogen-bond acceptors (Lipinski definition) is 5. The predicted octanol–water partition coefficient (Wildman–Crippen LogP) is 11.8. The van der Waals surface area contributed by atoms with E-state index in [1.807, 2.05) is 127 Å². The van der Waals surface area contributed by atoms with Gasteiger partial charge >= 0.3 is 0 Å². The van der Waals surface area contributed by atoms with Crippen molar-refractivity contribution in [2.24, 2.45) is 0 Å². The maximum atomic E-state index is 8.88. The lowest BCUT2D eigenvalue weighted by atomic mass is 10.0. The Hall–Kier alpha value is -7.05. The molecule has 0 radical (unpaired) electrons. The standard InChI is InChI=1S/C45H26N4O2/c1-2-12-28(13-3-1)49-36-20-7-4-16-33(36)41-34(18-11-21-37(41)49)44-46-43(27-24-25-31-29-14-5-8-22-38(29)50-40(31)26-27)47-45(48-44)35-19-10-17-32-30-15-6-9-23-39(30)51-42(32)35/h1-26H/i1D,2D,3D,12D,13D. The Bertz CT molecular complexity index is 3430. The zero-order chi connectivity index (χ0) is 37.8. The molecule has 0 unspecified atom stereocenters. The highest BCUT2D eigenvalue weighted by atomic mass is 16.3. The van der Waals surface area contributed by atoms with E-state index >= 15 is 0 Å². The van der Waals surface area contributed by atoms with Crippen LogP contribution in [0.1, 0.15) is 6.85 Å². The molecule has 6 nitrogen and oxygen atoms in total. The molecule has 0 aliphatic carbocycles. The van der Waals surface area contributed by atoms with Crippen molar-refractivity contribution < 1.29 is 15.7 Å². The first-order chi connectivity index (χ1) is 27.4. The highest BCUT2D eigenvalue weighted by Gasteiger charge is 2.22. The Kier molecular flexibility index (Phi) is 4.91. The molecule has 4 aromatic heterocycles. The quantitative estimate of drug-likeness (QED) is 0.188. The molecule has 4 heterocycles. The average Bonchev–Trinajstić information content (AvgIpc) is 3.92. The number of rotatable bonds is 4. The van der Waals surface area contributed by atoms with Crippen LogP contribution in [-0.2, 0) is 0 Å². The minimum absolute atomic E-state index is 0.0621. The summed E-state index contributed by atoms with van der Waals surface area (Å²) in [5.74, 6) is 1.22. The van der Waals surface area contributed by atoms with Crippen LogP contribution in [0.5, 0.6) is 0 Å². The topological polar surface area (TPSA) is 69.9 Å². The Morgan fingerprint density at radius 2 is 1.08 bits per heavy atom. The molecule has 0 aliphatic heterocycles. The van der Waals surface area contributed by atoms with Gasteiger partial charge in [-0.25, -0.2) is 15.0 Å². The summed E-state index contributed by atoms with van der Waals surface area (Å²) in [6.45, 7) is 0. The van der Waals surface area contributed by atoms with Crippen LogP contribution in [-0.4, -0.2) is 19.5 Å². The largest absolute Gasteiger partial charge is 0.456 e. The number of furan rings is 2. The first kappa shape index (κ1) is 23.3. The Morgan fingerprint density at radius 3 is 1.92 bits per heavy atom. The van der Waals surface area contributed by atoms with Crippen molar-refractivity contribution in [1.29, 1.82) is 0 Å². The van der Waals surface area contributed by atoms with Gasteiger partial charge in [0.1, 0.15) is 22.3 Å². The predicted molar refractivity (Wildman–Crippen MR) is 205 cm³/mol. The lowest BCUT2D eigenvalue weighted by Crippen LogP contribution is -2.01. The summed E-state index contributed by atoms with van der Waals surface area (Å²) in [6.07, 6.45) is 0. The number of aromatic nitrogens is 4. The molecular weight excluding hydrogens is 629 g/mol. The van der Waals surface area contributed by atoms with Gasteiger partial charge in [-0.2, -0.15) is 0 Å². The Labute approximate surface area is 297 Å². The third kappa shape index (κ3) is 4.20. The molecule has 0 aliphatic rings. The minimum atomic E-state index is -0.448. The molecular formula is C45H26N4O2. The maximum Gasteiger partial charge on any atom is 0.167 e. The fourth-order valence-electron chi connectivity index (χ4n) is 7.34. The normalized spacial score (nSPS) is 13.3. The second-order valence-corrected chi connectivity index (χ2v) is 12.4. The molecule has 51 heavy (non-hydrogen) atoms. The van der Waals surface area contributed by atoms with E-state index in [0.29, 0.717) is 50.8 Å². The highest BCUT2D eigenvalue weighted by molar-refractivity contribution is 6.15. The lowest BCUT2D eigenvalue weighted by Gasteiger charge is -2.11. The van der Waals surface area contributed by atoms with E-state index in [4.69, 9.17) is 30.6 Å². The van der Waals surface area contributed by atoms with Gasteiger partial charge in [0.2, 0.25) is 0 Å². The van der Waals surface area contributed by atoms with Gasteiger partial charge in [-0.05, 0) is 54.5 Å². The van der Waals surface area contributed by atoms with Crippen molar-refractivity contribution in [3.8, 4) is 39.9 Å². The first-order valence-electron chi connectivity index (χ1n) is 19.0. The van der Waals surface area contributed by atoms with Gasteiger partial charge in [-0.1, -0.05) is 103 Å². The summed E-state index contributed by atoms with van der Waals surface area (Å²) < 4.78 is 57.4. The number of hydrogen-bond donors (Lipinski definition) is 0. The molecule has 0 saturated heterocycles. The van der Waals surface area contributed by atoms with Crippen molar-refractivity contribution in [3.63, 3.8) is 0 Å². The van der Waals surface area contributed by atoms with Gasteiger partial charge in [-0.15, -0.1) is 0 Å². The molecule has 0 N–H and O–H groups in total. The van der Waals surface area contributed by atoms with Crippen LogP contribution in [0.2, 0.25) is 0 Å². The van der Waals surface area contributed by atoms with E-state index in [-0.39, 0.29) is 17.8 Å². The monoisotopic (exact) mass is 659 g/mol. The number of fused-ring (bicyclic) bond motifs is 9. The SMILES string of the molecule is [2H]c1c([2H])c([2H])c(-n2c3ccccc3c3c(-c4nc(-c5ccc6c(c5)oc5ccccc56)nc(-c5cccc6c5oc5ccccc56)n4)cccc32)c([2H])c1[2H]. The molecule has 0 atom stereocenters. The molecule has 6 heteroatoms. The van der Waals surface area contributed by atoms with Crippen molar-refractivity contribution in [2.45, 2.75) is 0 Å². The molecule has 11 aromatic rings. The second-order valence-electron chi connectivity index (χ2n) is 12.4. The Morgan fingerprint density at radius 1 is 0.471 bits per heavy atom. The minimum Gasteiger partial charge on any atom is -0.456 e. The first-order valence-corrected chi connectivity index (χ1v) is 16.5. The molecule has 0 saturated carbocycles. The van der Waals surface area contributed by atoms with E-state index < -0.39 is 18.1 Å². The van der Waals surface area contributed by atoms with E-state index in [0.717, 1.165) is 49.0 Å². The smallest absolute Gasteiger partial charge is 0.167 e. The van der Waals surface area contributed by atoms with Crippen molar-refractivity contribution in [1.82, 2.24) is 19.5 Å². The van der Waals surface area contributed by atoms with Crippen LogP contribution in [0.15, 0.2) is 166 Å². The van der Waals surface area contributed by atoms with E-state index in [1.54, 1.807) is 4.57 Å². The number of benzene rings is 7. The fourth-order valence-corrected chi connectivity index (χ4v) is 7.34. The van der Waals surface area contributed by atoms with E-state index in [2.05, 4.69) is 0 Å². The van der Waals surface area contributed by atoms with Gasteiger partial charge < -0.3 is 13.4 Å². The van der Waals surface area contributed by atoms with Crippen LogP contribution in [0, 0.1) is 0 Å². The molecule has 0 spiro atoms. The second kappa shape index (κ2) is 10.7. The molecule has 7 aromatic carbocycles. The number of para-hydroxylation sites is 5. The third-order valence-corrected chi connectivity index (χ3v) is 9.57.